The Hall–Kier alpha value is -1.54. The first-order valence-electron chi connectivity index (χ1n) is 8.03. The molecule has 0 aliphatic heterocycles. The smallest absolute Gasteiger partial charge is 0.146 e. The van der Waals surface area contributed by atoms with Crippen molar-refractivity contribution in [2.75, 3.05) is 5.73 Å². The van der Waals surface area contributed by atoms with E-state index in [-0.39, 0.29) is 17.4 Å². The molecule has 1 nitrogen and oxygen atoms in total. The summed E-state index contributed by atoms with van der Waals surface area (Å²) in [6, 6.07) is 3.37. The maximum atomic E-state index is 14.0. The number of aryl methyl sites for hydroxylation is 1. The number of nitrogen functional groups attached to an aromatic ring is 1. The summed E-state index contributed by atoms with van der Waals surface area (Å²) in [6.07, 6.45) is 7.02. The van der Waals surface area contributed by atoms with Crippen LogP contribution in [0.4, 0.5) is 10.1 Å². The SMILES string of the molecule is C=C(c1cc(C)cc(F)c1N)[C@H](CCCC)/C(C)=C/C=C(\C)Cl. The van der Waals surface area contributed by atoms with Gasteiger partial charge in [-0.1, -0.05) is 49.6 Å². The second-order valence-corrected chi connectivity index (χ2v) is 6.69. The van der Waals surface area contributed by atoms with Crippen molar-refractivity contribution in [2.24, 2.45) is 5.92 Å². The predicted octanol–water partition coefficient (Wildman–Crippen LogP) is 6.62. The fourth-order valence-corrected chi connectivity index (χ4v) is 2.72. The Kier molecular flexibility index (Phi) is 7.57. The molecule has 0 radical (unpaired) electrons. The molecule has 0 aliphatic rings. The summed E-state index contributed by atoms with van der Waals surface area (Å²) in [5, 5.41) is 0.727. The number of anilines is 1. The topological polar surface area (TPSA) is 26.0 Å². The largest absolute Gasteiger partial charge is 0.396 e. The lowest BCUT2D eigenvalue weighted by Crippen LogP contribution is -2.08. The van der Waals surface area contributed by atoms with Crippen LogP contribution in [0, 0.1) is 18.7 Å². The monoisotopic (exact) mass is 335 g/mol. The van der Waals surface area contributed by atoms with Crippen molar-refractivity contribution in [3.05, 3.63) is 58.4 Å². The van der Waals surface area contributed by atoms with Crippen molar-refractivity contribution in [3.63, 3.8) is 0 Å². The van der Waals surface area contributed by atoms with Gasteiger partial charge in [-0.05, 0) is 56.5 Å². The van der Waals surface area contributed by atoms with Gasteiger partial charge in [0.1, 0.15) is 5.82 Å². The fourth-order valence-electron chi connectivity index (χ4n) is 2.65. The maximum Gasteiger partial charge on any atom is 0.146 e. The Morgan fingerprint density at radius 1 is 1.35 bits per heavy atom. The van der Waals surface area contributed by atoms with Gasteiger partial charge in [0, 0.05) is 16.5 Å². The van der Waals surface area contributed by atoms with E-state index < -0.39 is 0 Å². The van der Waals surface area contributed by atoms with E-state index >= 15 is 0 Å². The Bertz CT molecular complexity index is 625. The van der Waals surface area contributed by atoms with Crippen LogP contribution >= 0.6 is 11.6 Å². The molecule has 0 fully saturated rings. The molecule has 126 valence electrons. The van der Waals surface area contributed by atoms with Crippen molar-refractivity contribution in [2.45, 2.75) is 47.0 Å². The highest BCUT2D eigenvalue weighted by atomic mass is 35.5. The third-order valence-corrected chi connectivity index (χ3v) is 4.14. The number of hydrogen-bond donors (Lipinski definition) is 1. The molecule has 1 atom stereocenters. The van der Waals surface area contributed by atoms with Crippen LogP contribution in [0.1, 0.15) is 51.2 Å². The summed E-state index contributed by atoms with van der Waals surface area (Å²) >= 11 is 5.92. The second kappa shape index (κ2) is 8.93. The summed E-state index contributed by atoms with van der Waals surface area (Å²) in [5.74, 6) is -0.251. The van der Waals surface area contributed by atoms with E-state index in [0.29, 0.717) is 5.56 Å². The Balaban J connectivity index is 3.24. The lowest BCUT2D eigenvalue weighted by molar-refractivity contribution is 0.623. The van der Waals surface area contributed by atoms with Crippen molar-refractivity contribution >= 4 is 22.9 Å². The van der Waals surface area contributed by atoms with Gasteiger partial charge in [0.05, 0.1) is 5.69 Å². The van der Waals surface area contributed by atoms with Crippen LogP contribution in [-0.2, 0) is 0 Å². The van der Waals surface area contributed by atoms with Crippen LogP contribution in [0.3, 0.4) is 0 Å². The molecule has 0 saturated carbocycles. The lowest BCUT2D eigenvalue weighted by Gasteiger charge is -2.22. The van der Waals surface area contributed by atoms with E-state index in [0.717, 1.165) is 41.0 Å². The van der Waals surface area contributed by atoms with E-state index in [9.17, 15) is 4.39 Å². The van der Waals surface area contributed by atoms with Crippen LogP contribution < -0.4 is 5.73 Å². The number of benzene rings is 1. The summed E-state index contributed by atoms with van der Waals surface area (Å²) in [7, 11) is 0. The van der Waals surface area contributed by atoms with E-state index in [4.69, 9.17) is 17.3 Å². The van der Waals surface area contributed by atoms with Gasteiger partial charge < -0.3 is 5.73 Å². The summed E-state index contributed by atoms with van der Waals surface area (Å²) in [5.41, 5.74) is 9.72. The van der Waals surface area contributed by atoms with Crippen molar-refractivity contribution in [3.8, 4) is 0 Å². The molecule has 3 heteroatoms. The van der Waals surface area contributed by atoms with Crippen LogP contribution in [0.15, 0.2) is 41.5 Å². The molecule has 0 unspecified atom stereocenters. The van der Waals surface area contributed by atoms with E-state index in [1.54, 1.807) is 0 Å². The zero-order valence-electron chi connectivity index (χ0n) is 14.5. The van der Waals surface area contributed by atoms with Crippen molar-refractivity contribution in [1.29, 1.82) is 0 Å². The van der Waals surface area contributed by atoms with Crippen molar-refractivity contribution < 1.29 is 4.39 Å². The maximum absolute atomic E-state index is 14.0. The van der Waals surface area contributed by atoms with E-state index in [2.05, 4.69) is 20.4 Å². The lowest BCUT2D eigenvalue weighted by atomic mass is 9.83. The molecular weight excluding hydrogens is 309 g/mol. The first-order valence-corrected chi connectivity index (χ1v) is 8.41. The van der Waals surface area contributed by atoms with E-state index in [1.807, 2.05) is 32.1 Å². The van der Waals surface area contributed by atoms with Crippen LogP contribution in [-0.4, -0.2) is 0 Å². The van der Waals surface area contributed by atoms with Gasteiger partial charge in [-0.25, -0.2) is 4.39 Å². The predicted molar refractivity (Wildman–Crippen MR) is 101 cm³/mol. The zero-order chi connectivity index (χ0) is 17.6. The molecule has 2 N–H and O–H groups in total. The second-order valence-electron chi connectivity index (χ2n) is 6.09. The summed E-state index contributed by atoms with van der Waals surface area (Å²) < 4.78 is 14.0. The number of unbranched alkanes of at least 4 members (excludes halogenated alkanes) is 1. The molecular formula is C20H27ClFN. The number of allylic oxidation sites excluding steroid dienone is 5. The number of nitrogens with two attached hydrogens (primary N) is 1. The molecule has 0 aliphatic carbocycles. The minimum Gasteiger partial charge on any atom is -0.396 e. The average Bonchev–Trinajstić information content (AvgIpc) is 2.48. The van der Waals surface area contributed by atoms with Crippen molar-refractivity contribution in [1.82, 2.24) is 0 Å². The van der Waals surface area contributed by atoms with Gasteiger partial charge in [0.25, 0.3) is 0 Å². The molecule has 23 heavy (non-hydrogen) atoms. The number of hydrogen-bond acceptors (Lipinski definition) is 1. The number of halogens is 2. The van der Waals surface area contributed by atoms with Crippen LogP contribution in [0.25, 0.3) is 5.57 Å². The normalized spacial score (nSPS) is 14.0. The quantitative estimate of drug-likeness (QED) is 0.439. The molecule has 0 saturated heterocycles. The minimum absolute atomic E-state index is 0.130. The number of rotatable bonds is 7. The first-order chi connectivity index (χ1) is 10.8. The molecule has 1 rings (SSSR count). The van der Waals surface area contributed by atoms with Gasteiger partial charge in [-0.2, -0.15) is 0 Å². The minimum atomic E-state index is -0.381. The molecule has 1 aromatic rings. The highest BCUT2D eigenvalue weighted by molar-refractivity contribution is 6.29. The van der Waals surface area contributed by atoms with Gasteiger partial charge in [0.15, 0.2) is 0 Å². The summed E-state index contributed by atoms with van der Waals surface area (Å²) in [6.45, 7) is 12.1. The first kappa shape index (κ1) is 19.5. The molecule has 0 bridgehead atoms. The molecule has 0 heterocycles. The molecule has 1 aromatic carbocycles. The Morgan fingerprint density at radius 3 is 2.57 bits per heavy atom. The van der Waals surface area contributed by atoms with E-state index in [1.165, 1.54) is 6.07 Å². The molecule has 0 aromatic heterocycles. The van der Waals surface area contributed by atoms with Crippen LogP contribution in [0.2, 0.25) is 0 Å². The average molecular weight is 336 g/mol. The molecule has 0 amide bonds. The third kappa shape index (κ3) is 5.54. The third-order valence-electron chi connectivity index (χ3n) is 4.01. The van der Waals surface area contributed by atoms with Gasteiger partial charge in [-0.3, -0.25) is 0 Å². The molecule has 0 spiro atoms. The van der Waals surface area contributed by atoms with Gasteiger partial charge >= 0.3 is 0 Å². The highest BCUT2D eigenvalue weighted by Crippen LogP contribution is 2.36. The Labute approximate surface area is 144 Å². The standard InChI is InChI=1S/C20H27ClFN/c1-6-7-8-17(14(3)9-10-15(4)21)16(5)18-11-13(2)12-19(22)20(18)23/h9-12,17H,5-8,23H2,1-4H3/b14-9+,15-10+/t17-/m1/s1. The Morgan fingerprint density at radius 2 is 2.00 bits per heavy atom. The summed E-state index contributed by atoms with van der Waals surface area (Å²) in [4.78, 5) is 0. The van der Waals surface area contributed by atoms with Gasteiger partial charge in [-0.15, -0.1) is 0 Å². The van der Waals surface area contributed by atoms with Gasteiger partial charge in [0.2, 0.25) is 0 Å². The fraction of sp³-hybridized carbons (Fsp3) is 0.400. The highest BCUT2D eigenvalue weighted by Gasteiger charge is 2.19. The zero-order valence-corrected chi connectivity index (χ0v) is 15.3. The van der Waals surface area contributed by atoms with Crippen LogP contribution in [0.5, 0.6) is 0 Å².